The highest BCUT2D eigenvalue weighted by atomic mass is 79.9. The minimum absolute atomic E-state index is 0.251. The van der Waals surface area contributed by atoms with Crippen LogP contribution in [0.3, 0.4) is 0 Å². The zero-order valence-electron chi connectivity index (χ0n) is 11.4. The molecule has 0 aromatic carbocycles. The number of aromatic nitrogens is 2. The number of nitrogens with zero attached hydrogens (tertiary/aromatic N) is 2. The van der Waals surface area contributed by atoms with E-state index in [1.165, 1.54) is 18.5 Å². The van der Waals surface area contributed by atoms with Crippen LogP contribution in [0.4, 0.5) is 0 Å². The molecule has 3 N–H and O–H groups in total. The zero-order chi connectivity index (χ0) is 13.6. The van der Waals surface area contributed by atoms with Gasteiger partial charge in [0.05, 0.1) is 28.1 Å². The van der Waals surface area contributed by atoms with Crippen LogP contribution in [0.25, 0.3) is 0 Å². The van der Waals surface area contributed by atoms with E-state index in [0.717, 1.165) is 23.0 Å². The molecular formula is C13H21BrN4O. The molecule has 3 rings (SSSR count). The lowest BCUT2D eigenvalue weighted by Gasteiger charge is -2.28. The second-order valence-corrected chi connectivity index (χ2v) is 6.51. The van der Waals surface area contributed by atoms with Crippen molar-refractivity contribution >= 4 is 15.9 Å². The van der Waals surface area contributed by atoms with E-state index in [9.17, 15) is 0 Å². The molecule has 0 amide bonds. The first-order valence-electron chi connectivity index (χ1n) is 6.89. The van der Waals surface area contributed by atoms with Crippen molar-refractivity contribution in [2.45, 2.75) is 50.9 Å². The third-order valence-corrected chi connectivity index (χ3v) is 5.59. The monoisotopic (exact) mass is 328 g/mol. The number of hydrazine groups is 1. The van der Waals surface area contributed by atoms with Gasteiger partial charge in [-0.3, -0.25) is 16.0 Å². The summed E-state index contributed by atoms with van der Waals surface area (Å²) in [6.07, 6.45) is 5.26. The van der Waals surface area contributed by atoms with Gasteiger partial charge in [0.25, 0.3) is 0 Å². The molecule has 19 heavy (non-hydrogen) atoms. The van der Waals surface area contributed by atoms with Gasteiger partial charge in [-0.2, -0.15) is 5.10 Å². The Morgan fingerprint density at radius 3 is 2.84 bits per heavy atom. The molecule has 106 valence electrons. The summed E-state index contributed by atoms with van der Waals surface area (Å²) in [6.45, 7) is 2.01. The maximum Gasteiger partial charge on any atom is 0.0738 e. The van der Waals surface area contributed by atoms with E-state index in [4.69, 9.17) is 10.6 Å². The Morgan fingerprint density at radius 2 is 2.37 bits per heavy atom. The normalized spacial score (nSPS) is 31.1. The Kier molecular flexibility index (Phi) is 3.68. The van der Waals surface area contributed by atoms with Gasteiger partial charge in [0.1, 0.15) is 0 Å². The van der Waals surface area contributed by atoms with Gasteiger partial charge < -0.3 is 4.74 Å². The molecule has 2 saturated heterocycles. The van der Waals surface area contributed by atoms with Gasteiger partial charge in [0.2, 0.25) is 0 Å². The van der Waals surface area contributed by atoms with Crippen molar-refractivity contribution in [1.82, 2.24) is 15.2 Å². The molecule has 2 fully saturated rings. The summed E-state index contributed by atoms with van der Waals surface area (Å²) in [5.41, 5.74) is 5.22. The number of halogens is 1. The van der Waals surface area contributed by atoms with E-state index in [2.05, 4.69) is 26.5 Å². The van der Waals surface area contributed by atoms with E-state index in [1.54, 1.807) is 0 Å². The van der Waals surface area contributed by atoms with Crippen LogP contribution < -0.4 is 11.3 Å². The van der Waals surface area contributed by atoms with Gasteiger partial charge in [-0.15, -0.1) is 0 Å². The topological polar surface area (TPSA) is 65.1 Å². The Bertz CT molecular complexity index is 475. The lowest BCUT2D eigenvalue weighted by molar-refractivity contribution is 0.0855. The molecule has 4 unspecified atom stereocenters. The van der Waals surface area contributed by atoms with Gasteiger partial charge in [-0.05, 0) is 42.1 Å². The van der Waals surface area contributed by atoms with Crippen molar-refractivity contribution in [1.29, 1.82) is 0 Å². The van der Waals surface area contributed by atoms with Crippen molar-refractivity contribution in [3.05, 3.63) is 15.9 Å². The molecule has 1 aromatic heterocycles. The van der Waals surface area contributed by atoms with Crippen molar-refractivity contribution in [3.63, 3.8) is 0 Å². The molecule has 5 nitrogen and oxygen atoms in total. The molecule has 2 aliphatic rings. The van der Waals surface area contributed by atoms with Crippen molar-refractivity contribution in [3.8, 4) is 0 Å². The fraction of sp³-hybridized carbons (Fsp3) is 0.769. The summed E-state index contributed by atoms with van der Waals surface area (Å²) in [7, 11) is 1.98. The predicted octanol–water partition coefficient (Wildman–Crippen LogP) is 1.43. The van der Waals surface area contributed by atoms with Crippen molar-refractivity contribution < 1.29 is 4.74 Å². The van der Waals surface area contributed by atoms with Crippen molar-refractivity contribution in [2.24, 2.45) is 18.8 Å². The third kappa shape index (κ3) is 2.35. The van der Waals surface area contributed by atoms with Gasteiger partial charge in [0, 0.05) is 25.4 Å². The van der Waals surface area contributed by atoms with Crippen LogP contribution in [0.15, 0.2) is 4.47 Å². The lowest BCUT2D eigenvalue weighted by atomic mass is 9.82. The Labute approximate surface area is 122 Å². The molecule has 2 aliphatic heterocycles. The van der Waals surface area contributed by atoms with Crippen LogP contribution >= 0.6 is 15.9 Å². The molecule has 6 heteroatoms. The largest absolute Gasteiger partial charge is 0.375 e. The van der Waals surface area contributed by atoms with E-state index in [-0.39, 0.29) is 6.04 Å². The van der Waals surface area contributed by atoms with Crippen molar-refractivity contribution in [2.75, 3.05) is 0 Å². The number of nitrogens with two attached hydrogens (primary N) is 1. The van der Waals surface area contributed by atoms with Gasteiger partial charge in [-0.25, -0.2) is 0 Å². The van der Waals surface area contributed by atoms with Crippen LogP contribution in [-0.2, 0) is 18.2 Å². The molecule has 4 atom stereocenters. The predicted molar refractivity (Wildman–Crippen MR) is 76.5 cm³/mol. The lowest BCUT2D eigenvalue weighted by Crippen LogP contribution is -2.46. The number of hydrogen-bond acceptors (Lipinski definition) is 4. The smallest absolute Gasteiger partial charge is 0.0738 e. The van der Waals surface area contributed by atoms with Crippen LogP contribution in [0.5, 0.6) is 0 Å². The second-order valence-electron chi connectivity index (χ2n) is 5.72. The average Bonchev–Trinajstić information content (AvgIpc) is 3.06. The van der Waals surface area contributed by atoms with Crippen LogP contribution in [0.1, 0.15) is 30.7 Å². The standard InChI is InChI=1S/C13H21BrN4O/c1-7-13(14)11(18(2)17-7)6-10(16-15)9-5-8-3-4-12(9)19-8/h8-10,12,16H,3-6,15H2,1-2H3. The highest BCUT2D eigenvalue weighted by Gasteiger charge is 2.44. The number of hydrogen-bond donors (Lipinski definition) is 2. The molecule has 0 saturated carbocycles. The van der Waals surface area contributed by atoms with Crippen LogP contribution in [0.2, 0.25) is 0 Å². The summed E-state index contributed by atoms with van der Waals surface area (Å²) in [5, 5.41) is 4.44. The third-order valence-electron chi connectivity index (χ3n) is 4.56. The second kappa shape index (κ2) is 5.16. The number of rotatable bonds is 4. The highest BCUT2D eigenvalue weighted by Crippen LogP contribution is 2.41. The van der Waals surface area contributed by atoms with Gasteiger partial charge >= 0.3 is 0 Å². The summed E-state index contributed by atoms with van der Waals surface area (Å²) in [6, 6.07) is 0.251. The number of aryl methyl sites for hydroxylation is 2. The minimum Gasteiger partial charge on any atom is -0.375 e. The Morgan fingerprint density at radius 1 is 1.58 bits per heavy atom. The molecule has 0 spiro atoms. The molecule has 3 heterocycles. The average molecular weight is 329 g/mol. The first kappa shape index (κ1) is 13.5. The Balaban J connectivity index is 1.76. The molecular weight excluding hydrogens is 308 g/mol. The number of ether oxygens (including phenoxy) is 1. The van der Waals surface area contributed by atoms with E-state index < -0.39 is 0 Å². The maximum atomic E-state index is 5.94. The number of fused-ring (bicyclic) bond motifs is 2. The highest BCUT2D eigenvalue weighted by molar-refractivity contribution is 9.10. The molecule has 1 aromatic rings. The van der Waals surface area contributed by atoms with Gasteiger partial charge in [0.15, 0.2) is 0 Å². The maximum absolute atomic E-state index is 5.94. The van der Waals surface area contributed by atoms with Crippen LogP contribution in [-0.4, -0.2) is 28.0 Å². The summed E-state index contributed by atoms with van der Waals surface area (Å²) in [5.74, 6) is 6.31. The van der Waals surface area contributed by atoms with E-state index in [1.807, 2.05) is 18.7 Å². The SMILES string of the molecule is Cc1nn(C)c(CC(NN)C2CC3CCC2O3)c1Br. The summed E-state index contributed by atoms with van der Waals surface area (Å²) >= 11 is 3.63. The van der Waals surface area contributed by atoms with Crippen LogP contribution in [0, 0.1) is 12.8 Å². The Hall–Kier alpha value is -0.430. The summed E-state index contributed by atoms with van der Waals surface area (Å²) in [4.78, 5) is 0. The fourth-order valence-corrected chi connectivity index (χ4v) is 4.04. The summed E-state index contributed by atoms with van der Waals surface area (Å²) < 4.78 is 8.98. The quantitative estimate of drug-likeness (QED) is 0.648. The number of nitrogens with one attached hydrogen (secondary N) is 1. The zero-order valence-corrected chi connectivity index (χ0v) is 13.0. The van der Waals surface area contributed by atoms with E-state index in [0.29, 0.717) is 18.1 Å². The van der Waals surface area contributed by atoms with E-state index >= 15 is 0 Å². The first-order valence-corrected chi connectivity index (χ1v) is 7.69. The molecule has 0 radical (unpaired) electrons. The minimum atomic E-state index is 0.251. The fourth-order valence-electron chi connectivity index (χ4n) is 3.54. The molecule has 0 aliphatic carbocycles. The molecule has 2 bridgehead atoms. The van der Waals surface area contributed by atoms with Gasteiger partial charge in [-0.1, -0.05) is 0 Å². The first-order chi connectivity index (χ1) is 9.10.